The molecule has 0 aliphatic rings. The Balaban J connectivity index is 2.30. The molecular weight excluding hydrogens is 240 g/mol. The number of nitrogens with zero attached hydrogens (tertiary/aromatic N) is 2. The summed E-state index contributed by atoms with van der Waals surface area (Å²) >= 11 is 0. The summed E-state index contributed by atoms with van der Waals surface area (Å²) in [6.07, 6.45) is 2.00. The second-order valence-electron chi connectivity index (χ2n) is 3.61. The third kappa shape index (κ3) is 2.53. The highest BCUT2D eigenvalue weighted by Gasteiger charge is 2.10. The lowest BCUT2D eigenvalue weighted by Crippen LogP contribution is -1.97. The molecule has 0 amide bonds. The molecule has 4 nitrogen and oxygen atoms in total. The van der Waals surface area contributed by atoms with Gasteiger partial charge in [-0.25, -0.2) is 18.7 Å². The van der Waals surface area contributed by atoms with E-state index in [4.69, 9.17) is 10.5 Å². The zero-order valence-electron chi connectivity index (χ0n) is 9.65. The number of aromatic nitrogens is 2. The van der Waals surface area contributed by atoms with Crippen LogP contribution in [0.2, 0.25) is 0 Å². The first-order valence-corrected chi connectivity index (χ1v) is 5.33. The second kappa shape index (κ2) is 4.95. The van der Waals surface area contributed by atoms with Crippen molar-refractivity contribution in [1.82, 2.24) is 9.97 Å². The van der Waals surface area contributed by atoms with Gasteiger partial charge in [-0.3, -0.25) is 0 Å². The Morgan fingerprint density at radius 2 is 1.94 bits per heavy atom. The highest BCUT2D eigenvalue weighted by atomic mass is 19.1. The molecule has 0 bridgehead atoms. The average molecular weight is 251 g/mol. The lowest BCUT2D eigenvalue weighted by molar-refractivity contribution is 0.421. The van der Waals surface area contributed by atoms with Crippen LogP contribution >= 0.6 is 0 Å². The molecule has 2 N–H and O–H groups in total. The van der Waals surface area contributed by atoms with Crippen molar-refractivity contribution in [2.24, 2.45) is 0 Å². The van der Waals surface area contributed by atoms with Gasteiger partial charge in [-0.1, -0.05) is 6.92 Å². The minimum absolute atomic E-state index is 0.157. The topological polar surface area (TPSA) is 61.0 Å². The third-order valence-electron chi connectivity index (χ3n) is 2.33. The predicted octanol–water partition coefficient (Wildman–Crippen LogP) is 2.69. The van der Waals surface area contributed by atoms with E-state index >= 15 is 0 Å². The lowest BCUT2D eigenvalue weighted by atomic mass is 10.3. The van der Waals surface area contributed by atoms with Gasteiger partial charge in [-0.2, -0.15) is 0 Å². The number of ether oxygens (including phenoxy) is 1. The Labute approximate surface area is 102 Å². The Kier molecular flexibility index (Phi) is 3.36. The molecule has 0 radical (unpaired) electrons. The van der Waals surface area contributed by atoms with E-state index in [2.05, 4.69) is 9.97 Å². The summed E-state index contributed by atoms with van der Waals surface area (Å²) in [4.78, 5) is 7.80. The van der Waals surface area contributed by atoms with Crippen molar-refractivity contribution in [3.05, 3.63) is 41.9 Å². The van der Waals surface area contributed by atoms with Gasteiger partial charge in [0.15, 0.2) is 11.6 Å². The quantitative estimate of drug-likeness (QED) is 0.852. The normalized spacial score (nSPS) is 10.4. The van der Waals surface area contributed by atoms with Gasteiger partial charge in [-0.15, -0.1) is 0 Å². The smallest absolute Gasteiger partial charge is 0.222 e. The van der Waals surface area contributed by atoms with Gasteiger partial charge in [0.25, 0.3) is 0 Å². The standard InChI is InChI=1S/C12H11F2N3O/c1-2-7-3-12(17-6-16-7)18-11-5-8(13)10(15)4-9(11)14/h3-6H,2,15H2,1H3. The van der Waals surface area contributed by atoms with E-state index in [1.54, 1.807) is 6.07 Å². The SMILES string of the molecule is CCc1cc(Oc2cc(F)c(N)cc2F)ncn1. The van der Waals surface area contributed by atoms with Crippen LogP contribution in [0.3, 0.4) is 0 Å². The Bertz CT molecular complexity index is 575. The summed E-state index contributed by atoms with van der Waals surface area (Å²) in [7, 11) is 0. The maximum Gasteiger partial charge on any atom is 0.222 e. The van der Waals surface area contributed by atoms with Crippen molar-refractivity contribution in [2.75, 3.05) is 5.73 Å². The number of hydrogen-bond acceptors (Lipinski definition) is 4. The van der Waals surface area contributed by atoms with Crippen LogP contribution in [0.5, 0.6) is 11.6 Å². The van der Waals surface area contributed by atoms with E-state index < -0.39 is 11.6 Å². The largest absolute Gasteiger partial charge is 0.436 e. The number of nitrogens with two attached hydrogens (primary N) is 1. The molecule has 94 valence electrons. The predicted molar refractivity (Wildman–Crippen MR) is 62.3 cm³/mol. The first-order valence-electron chi connectivity index (χ1n) is 5.33. The Hall–Kier alpha value is -2.24. The second-order valence-corrected chi connectivity index (χ2v) is 3.61. The van der Waals surface area contributed by atoms with E-state index in [1.807, 2.05) is 6.92 Å². The van der Waals surface area contributed by atoms with E-state index in [0.29, 0.717) is 6.42 Å². The number of aryl methyl sites for hydroxylation is 1. The molecule has 1 aromatic carbocycles. The molecule has 0 atom stereocenters. The number of nitrogen functional groups attached to an aromatic ring is 1. The van der Waals surface area contributed by atoms with E-state index in [9.17, 15) is 8.78 Å². The van der Waals surface area contributed by atoms with Crippen LogP contribution in [0, 0.1) is 11.6 Å². The van der Waals surface area contributed by atoms with Gasteiger partial charge in [0, 0.05) is 23.9 Å². The number of anilines is 1. The molecule has 2 aromatic rings. The van der Waals surface area contributed by atoms with Crippen molar-refractivity contribution in [2.45, 2.75) is 13.3 Å². The van der Waals surface area contributed by atoms with Crippen LogP contribution in [0.15, 0.2) is 24.5 Å². The molecule has 1 aromatic heterocycles. The fourth-order valence-electron chi connectivity index (χ4n) is 1.36. The van der Waals surface area contributed by atoms with Crippen LogP contribution < -0.4 is 10.5 Å². The van der Waals surface area contributed by atoms with Crippen molar-refractivity contribution in [3.8, 4) is 11.6 Å². The van der Waals surface area contributed by atoms with Gasteiger partial charge in [0.05, 0.1) is 5.69 Å². The maximum absolute atomic E-state index is 13.5. The summed E-state index contributed by atoms with van der Waals surface area (Å²) in [5, 5.41) is 0. The first kappa shape index (κ1) is 12.2. The first-order chi connectivity index (χ1) is 8.60. The highest BCUT2D eigenvalue weighted by molar-refractivity contribution is 5.45. The molecule has 0 unspecified atom stereocenters. The lowest BCUT2D eigenvalue weighted by Gasteiger charge is -2.07. The van der Waals surface area contributed by atoms with Crippen molar-refractivity contribution in [1.29, 1.82) is 0 Å². The van der Waals surface area contributed by atoms with E-state index in [0.717, 1.165) is 17.8 Å². The van der Waals surface area contributed by atoms with E-state index in [1.165, 1.54) is 6.33 Å². The van der Waals surface area contributed by atoms with Gasteiger partial charge in [0.2, 0.25) is 5.88 Å². The average Bonchev–Trinajstić information content (AvgIpc) is 2.36. The molecule has 0 saturated heterocycles. The van der Waals surface area contributed by atoms with Gasteiger partial charge in [0.1, 0.15) is 12.1 Å². The Morgan fingerprint density at radius 3 is 2.67 bits per heavy atom. The molecule has 18 heavy (non-hydrogen) atoms. The summed E-state index contributed by atoms with van der Waals surface area (Å²) in [5.74, 6) is -1.59. The van der Waals surface area contributed by atoms with Crippen LogP contribution in [-0.4, -0.2) is 9.97 Å². The van der Waals surface area contributed by atoms with Crippen molar-refractivity contribution in [3.63, 3.8) is 0 Å². The number of rotatable bonds is 3. The molecule has 1 heterocycles. The van der Waals surface area contributed by atoms with Gasteiger partial charge < -0.3 is 10.5 Å². The van der Waals surface area contributed by atoms with Crippen molar-refractivity contribution < 1.29 is 13.5 Å². The van der Waals surface area contributed by atoms with Gasteiger partial charge >= 0.3 is 0 Å². The summed E-state index contributed by atoms with van der Waals surface area (Å²) in [5.41, 5.74) is 5.71. The minimum atomic E-state index is -0.745. The Morgan fingerprint density at radius 1 is 1.17 bits per heavy atom. The fraction of sp³-hybridized carbons (Fsp3) is 0.167. The van der Waals surface area contributed by atoms with E-state index in [-0.39, 0.29) is 17.3 Å². The monoisotopic (exact) mass is 251 g/mol. The van der Waals surface area contributed by atoms with Crippen LogP contribution in [0.1, 0.15) is 12.6 Å². The number of benzene rings is 1. The molecule has 0 fully saturated rings. The fourth-order valence-corrected chi connectivity index (χ4v) is 1.36. The van der Waals surface area contributed by atoms with Crippen LogP contribution in [0.4, 0.5) is 14.5 Å². The number of halogens is 2. The maximum atomic E-state index is 13.5. The molecule has 0 aliphatic carbocycles. The molecule has 2 rings (SSSR count). The molecule has 0 saturated carbocycles. The van der Waals surface area contributed by atoms with Crippen molar-refractivity contribution >= 4 is 5.69 Å². The minimum Gasteiger partial charge on any atom is -0.436 e. The molecule has 6 heteroatoms. The zero-order valence-corrected chi connectivity index (χ0v) is 9.65. The third-order valence-corrected chi connectivity index (χ3v) is 2.33. The summed E-state index contributed by atoms with van der Waals surface area (Å²) < 4.78 is 31.9. The number of hydrogen-bond donors (Lipinski definition) is 1. The molecule has 0 aliphatic heterocycles. The zero-order chi connectivity index (χ0) is 13.1. The molecular formula is C12H11F2N3O. The van der Waals surface area contributed by atoms with Crippen LogP contribution in [-0.2, 0) is 6.42 Å². The summed E-state index contributed by atoms with van der Waals surface area (Å²) in [6.45, 7) is 1.91. The van der Waals surface area contributed by atoms with Crippen LogP contribution in [0.25, 0.3) is 0 Å². The summed E-state index contributed by atoms with van der Waals surface area (Å²) in [6, 6.07) is 3.32. The molecule has 0 spiro atoms. The van der Waals surface area contributed by atoms with Gasteiger partial charge in [-0.05, 0) is 6.42 Å². The highest BCUT2D eigenvalue weighted by Crippen LogP contribution is 2.26.